The predicted octanol–water partition coefficient (Wildman–Crippen LogP) is 3.57. The predicted molar refractivity (Wildman–Crippen MR) is 77.0 cm³/mol. The Hall–Kier alpha value is -2.23. The van der Waals surface area contributed by atoms with Crippen LogP contribution in [-0.4, -0.2) is 14.5 Å². The molecule has 0 unspecified atom stereocenters. The van der Waals surface area contributed by atoms with E-state index in [1.165, 1.54) is 6.07 Å². The van der Waals surface area contributed by atoms with Crippen molar-refractivity contribution in [3.8, 4) is 0 Å². The Labute approximate surface area is 117 Å². The summed E-state index contributed by atoms with van der Waals surface area (Å²) in [6.45, 7) is 3.00. The van der Waals surface area contributed by atoms with Gasteiger partial charge in [0.2, 0.25) is 0 Å². The van der Waals surface area contributed by atoms with Gasteiger partial charge in [-0.15, -0.1) is 0 Å². The van der Waals surface area contributed by atoms with Crippen LogP contribution >= 0.6 is 0 Å². The van der Waals surface area contributed by atoms with Crippen molar-refractivity contribution in [2.75, 3.05) is 0 Å². The summed E-state index contributed by atoms with van der Waals surface area (Å²) in [5, 5.41) is 0. The Morgan fingerprint density at radius 2 is 2.10 bits per heavy atom. The number of nitrogens with zero attached hydrogens (tertiary/aromatic N) is 3. The minimum Gasteiger partial charge on any atom is -0.312 e. The Bertz CT molecular complexity index is 733. The van der Waals surface area contributed by atoms with E-state index < -0.39 is 0 Å². The van der Waals surface area contributed by atoms with E-state index in [-0.39, 0.29) is 5.82 Å². The zero-order valence-corrected chi connectivity index (χ0v) is 11.4. The SMILES string of the molecule is CCCn1c(Cc2cccc(F)c2)nc2cccnc21. The Morgan fingerprint density at radius 1 is 1.20 bits per heavy atom. The number of hydrogen-bond acceptors (Lipinski definition) is 2. The summed E-state index contributed by atoms with van der Waals surface area (Å²) in [5.74, 6) is 0.727. The molecule has 3 rings (SSSR count). The van der Waals surface area contributed by atoms with Crippen LogP contribution < -0.4 is 0 Å². The first-order valence-corrected chi connectivity index (χ1v) is 6.82. The molecule has 2 aromatic heterocycles. The van der Waals surface area contributed by atoms with Crippen LogP contribution in [-0.2, 0) is 13.0 Å². The number of aryl methyl sites for hydroxylation is 1. The van der Waals surface area contributed by atoms with Crippen molar-refractivity contribution >= 4 is 11.2 Å². The van der Waals surface area contributed by atoms with E-state index in [1.807, 2.05) is 18.2 Å². The van der Waals surface area contributed by atoms with Crippen molar-refractivity contribution in [3.63, 3.8) is 0 Å². The second-order valence-corrected chi connectivity index (χ2v) is 4.83. The van der Waals surface area contributed by atoms with Gasteiger partial charge in [0.05, 0.1) is 0 Å². The van der Waals surface area contributed by atoms with Crippen LogP contribution in [0.25, 0.3) is 11.2 Å². The first kappa shape index (κ1) is 12.8. The molecule has 0 amide bonds. The molecule has 2 heterocycles. The van der Waals surface area contributed by atoms with E-state index in [4.69, 9.17) is 0 Å². The van der Waals surface area contributed by atoms with Gasteiger partial charge >= 0.3 is 0 Å². The molecule has 3 aromatic rings. The Balaban J connectivity index is 2.04. The molecule has 0 aliphatic carbocycles. The lowest BCUT2D eigenvalue weighted by Gasteiger charge is -2.07. The Kier molecular flexibility index (Phi) is 3.46. The van der Waals surface area contributed by atoms with Gasteiger partial charge < -0.3 is 4.57 Å². The van der Waals surface area contributed by atoms with E-state index in [0.717, 1.165) is 35.5 Å². The van der Waals surface area contributed by atoms with E-state index in [9.17, 15) is 4.39 Å². The fourth-order valence-electron chi connectivity index (χ4n) is 2.43. The first-order chi connectivity index (χ1) is 9.78. The lowest BCUT2D eigenvalue weighted by molar-refractivity contribution is 0.624. The molecular formula is C16H16FN3. The molecule has 4 heteroatoms. The molecule has 0 aliphatic rings. The number of pyridine rings is 1. The second kappa shape index (κ2) is 5.41. The summed E-state index contributed by atoms with van der Waals surface area (Å²) in [5.41, 5.74) is 2.73. The molecule has 0 spiro atoms. The van der Waals surface area contributed by atoms with Crippen LogP contribution in [0.1, 0.15) is 24.7 Å². The summed E-state index contributed by atoms with van der Waals surface area (Å²) in [7, 11) is 0. The number of hydrogen-bond donors (Lipinski definition) is 0. The molecule has 0 saturated carbocycles. The average molecular weight is 269 g/mol. The first-order valence-electron chi connectivity index (χ1n) is 6.82. The van der Waals surface area contributed by atoms with Gasteiger partial charge in [0.15, 0.2) is 5.65 Å². The van der Waals surface area contributed by atoms with Crippen LogP contribution in [0.2, 0.25) is 0 Å². The molecule has 0 fully saturated rings. The summed E-state index contributed by atoms with van der Waals surface area (Å²) in [6.07, 6.45) is 3.41. The third-order valence-electron chi connectivity index (χ3n) is 3.28. The highest BCUT2D eigenvalue weighted by Crippen LogP contribution is 2.17. The maximum absolute atomic E-state index is 13.3. The fraction of sp³-hybridized carbons (Fsp3) is 0.250. The molecule has 102 valence electrons. The molecule has 1 aromatic carbocycles. The fourth-order valence-corrected chi connectivity index (χ4v) is 2.43. The van der Waals surface area contributed by atoms with Crippen molar-refractivity contribution in [1.29, 1.82) is 0 Å². The van der Waals surface area contributed by atoms with E-state index in [0.29, 0.717) is 6.42 Å². The maximum Gasteiger partial charge on any atom is 0.159 e. The molecule has 3 nitrogen and oxygen atoms in total. The van der Waals surface area contributed by atoms with Gasteiger partial charge in [-0.2, -0.15) is 0 Å². The van der Waals surface area contributed by atoms with Gasteiger partial charge in [-0.25, -0.2) is 14.4 Å². The van der Waals surface area contributed by atoms with Gasteiger partial charge in [0, 0.05) is 19.2 Å². The highest BCUT2D eigenvalue weighted by atomic mass is 19.1. The molecule has 20 heavy (non-hydrogen) atoms. The lowest BCUT2D eigenvalue weighted by atomic mass is 10.1. The largest absolute Gasteiger partial charge is 0.312 e. The quantitative estimate of drug-likeness (QED) is 0.725. The smallest absolute Gasteiger partial charge is 0.159 e. The van der Waals surface area contributed by atoms with Crippen LogP contribution in [0.3, 0.4) is 0 Å². The lowest BCUT2D eigenvalue weighted by Crippen LogP contribution is -2.05. The number of halogens is 1. The van der Waals surface area contributed by atoms with Crippen LogP contribution in [0.5, 0.6) is 0 Å². The highest BCUT2D eigenvalue weighted by molar-refractivity contribution is 5.71. The second-order valence-electron chi connectivity index (χ2n) is 4.83. The van der Waals surface area contributed by atoms with Gasteiger partial charge in [-0.3, -0.25) is 0 Å². The average Bonchev–Trinajstić information content (AvgIpc) is 2.77. The molecule has 0 saturated heterocycles. The van der Waals surface area contributed by atoms with Crippen molar-refractivity contribution < 1.29 is 4.39 Å². The van der Waals surface area contributed by atoms with Crippen molar-refractivity contribution in [2.45, 2.75) is 26.3 Å². The van der Waals surface area contributed by atoms with Crippen molar-refractivity contribution in [2.24, 2.45) is 0 Å². The Morgan fingerprint density at radius 3 is 2.90 bits per heavy atom. The topological polar surface area (TPSA) is 30.7 Å². The molecular weight excluding hydrogens is 253 g/mol. The molecule has 0 bridgehead atoms. The van der Waals surface area contributed by atoms with Gasteiger partial charge in [-0.1, -0.05) is 19.1 Å². The summed E-state index contributed by atoms with van der Waals surface area (Å²) >= 11 is 0. The zero-order valence-electron chi connectivity index (χ0n) is 11.4. The minimum absolute atomic E-state index is 0.209. The van der Waals surface area contributed by atoms with E-state index in [1.54, 1.807) is 18.3 Å². The number of imidazole rings is 1. The summed E-state index contributed by atoms with van der Waals surface area (Å²) in [6, 6.07) is 10.5. The van der Waals surface area contributed by atoms with Crippen LogP contribution in [0, 0.1) is 5.82 Å². The van der Waals surface area contributed by atoms with Gasteiger partial charge in [-0.05, 0) is 36.2 Å². The zero-order chi connectivity index (χ0) is 13.9. The van der Waals surface area contributed by atoms with E-state index >= 15 is 0 Å². The van der Waals surface area contributed by atoms with Crippen molar-refractivity contribution in [1.82, 2.24) is 14.5 Å². The molecule has 0 N–H and O–H groups in total. The van der Waals surface area contributed by atoms with Crippen molar-refractivity contribution in [3.05, 3.63) is 59.8 Å². The summed E-state index contributed by atoms with van der Waals surface area (Å²) in [4.78, 5) is 9.04. The maximum atomic E-state index is 13.3. The number of fused-ring (bicyclic) bond motifs is 1. The number of benzene rings is 1. The molecule has 0 radical (unpaired) electrons. The van der Waals surface area contributed by atoms with Gasteiger partial charge in [0.25, 0.3) is 0 Å². The third-order valence-corrected chi connectivity index (χ3v) is 3.28. The third kappa shape index (κ3) is 2.41. The monoisotopic (exact) mass is 269 g/mol. The number of aromatic nitrogens is 3. The minimum atomic E-state index is -0.209. The molecule has 0 atom stereocenters. The van der Waals surface area contributed by atoms with Crippen LogP contribution in [0.15, 0.2) is 42.6 Å². The molecule has 0 aliphatic heterocycles. The number of rotatable bonds is 4. The normalized spacial score (nSPS) is 11.1. The van der Waals surface area contributed by atoms with Gasteiger partial charge in [0.1, 0.15) is 17.2 Å². The summed E-state index contributed by atoms with van der Waals surface area (Å²) < 4.78 is 15.4. The van der Waals surface area contributed by atoms with Crippen LogP contribution in [0.4, 0.5) is 4.39 Å². The standard InChI is InChI=1S/C16H16FN3/c1-2-9-20-15(11-12-5-3-6-13(17)10-12)19-14-7-4-8-18-16(14)20/h3-8,10H,2,9,11H2,1H3. The van der Waals surface area contributed by atoms with E-state index in [2.05, 4.69) is 21.5 Å². The highest BCUT2D eigenvalue weighted by Gasteiger charge is 2.11.